The van der Waals surface area contributed by atoms with Crippen molar-refractivity contribution < 1.29 is 23.2 Å². The van der Waals surface area contributed by atoms with E-state index in [1.165, 1.54) is 13.8 Å². The number of rotatable bonds is 6. The first-order valence-electron chi connectivity index (χ1n) is 5.75. The summed E-state index contributed by atoms with van der Waals surface area (Å²) in [5, 5.41) is 19.1. The number of carboxylic acid groups (broad SMARTS) is 1. The van der Waals surface area contributed by atoms with Crippen molar-refractivity contribution in [3.8, 4) is 0 Å². The van der Waals surface area contributed by atoms with Crippen LogP contribution in [0.15, 0.2) is 23.1 Å². The summed E-state index contributed by atoms with van der Waals surface area (Å²) in [4.78, 5) is 20.3. The number of nitro benzene ring substituents is 1. The molecule has 0 aliphatic rings. The molecule has 0 aliphatic carbocycles. The Hall–Kier alpha value is -1.71. The molecule has 0 saturated heterocycles. The molecule has 21 heavy (non-hydrogen) atoms. The van der Waals surface area contributed by atoms with E-state index >= 15 is 0 Å². The van der Waals surface area contributed by atoms with E-state index in [1.807, 2.05) is 0 Å². The number of carbonyl (C=O) groups is 1. The van der Waals surface area contributed by atoms with Gasteiger partial charge >= 0.3 is 5.97 Å². The number of nitrogens with zero attached hydrogens (tertiary/aromatic N) is 2. The number of aliphatic carboxylic acids is 1. The van der Waals surface area contributed by atoms with Gasteiger partial charge in [0, 0.05) is 18.2 Å². The minimum absolute atomic E-state index is 0.333. The number of non-ortho nitro benzene ring substituents is 1. The van der Waals surface area contributed by atoms with Crippen molar-refractivity contribution in [2.75, 3.05) is 6.54 Å². The number of hydrogen-bond donors (Lipinski definition) is 1. The van der Waals surface area contributed by atoms with E-state index < -0.39 is 33.5 Å². The predicted octanol–water partition coefficient (Wildman–Crippen LogP) is 1.73. The van der Waals surface area contributed by atoms with Crippen LogP contribution in [0.25, 0.3) is 0 Å². The molecule has 0 amide bonds. The van der Waals surface area contributed by atoms with E-state index in [0.717, 1.165) is 22.5 Å². The van der Waals surface area contributed by atoms with E-state index in [4.69, 9.17) is 16.7 Å². The molecule has 0 fully saturated rings. The lowest BCUT2D eigenvalue weighted by Gasteiger charge is -2.24. The summed E-state index contributed by atoms with van der Waals surface area (Å²) in [6.07, 6.45) is 0. The minimum Gasteiger partial charge on any atom is -0.480 e. The Morgan fingerprint density at radius 1 is 1.48 bits per heavy atom. The smallest absolute Gasteiger partial charge is 0.318 e. The Kier molecular flexibility index (Phi) is 5.26. The lowest BCUT2D eigenvalue weighted by Crippen LogP contribution is -2.40. The Labute approximate surface area is 126 Å². The Balaban J connectivity index is 3.35. The van der Waals surface area contributed by atoms with E-state index in [2.05, 4.69) is 0 Å². The molecule has 0 aliphatic heterocycles. The molecule has 10 heteroatoms. The van der Waals surface area contributed by atoms with Crippen molar-refractivity contribution in [3.05, 3.63) is 33.3 Å². The van der Waals surface area contributed by atoms with Crippen LogP contribution in [0.4, 0.5) is 5.69 Å². The Morgan fingerprint density at radius 3 is 2.43 bits per heavy atom. The summed E-state index contributed by atoms with van der Waals surface area (Å²) in [5.74, 6) is -1.31. The van der Waals surface area contributed by atoms with E-state index in [9.17, 15) is 23.3 Å². The summed E-state index contributed by atoms with van der Waals surface area (Å²) < 4.78 is 25.6. The topological polar surface area (TPSA) is 118 Å². The largest absolute Gasteiger partial charge is 0.480 e. The summed E-state index contributed by atoms with van der Waals surface area (Å²) in [6, 6.07) is 2.29. The number of benzene rings is 1. The second kappa shape index (κ2) is 6.37. The fraction of sp³-hybridized carbons (Fsp3) is 0.364. The van der Waals surface area contributed by atoms with Crippen molar-refractivity contribution in [1.29, 1.82) is 0 Å². The van der Waals surface area contributed by atoms with Gasteiger partial charge in [-0.2, -0.15) is 4.31 Å². The van der Waals surface area contributed by atoms with Gasteiger partial charge in [0.15, 0.2) is 0 Å². The van der Waals surface area contributed by atoms with Gasteiger partial charge in [-0.05, 0) is 19.9 Å². The zero-order valence-corrected chi connectivity index (χ0v) is 12.8. The number of carboxylic acids is 1. The van der Waals surface area contributed by atoms with Gasteiger partial charge in [-0.15, -0.1) is 0 Å². The molecule has 1 N–H and O–H groups in total. The van der Waals surface area contributed by atoms with Crippen LogP contribution < -0.4 is 0 Å². The first kappa shape index (κ1) is 17.3. The minimum atomic E-state index is -4.17. The van der Waals surface area contributed by atoms with Crippen LogP contribution in [0.3, 0.4) is 0 Å². The highest BCUT2D eigenvalue weighted by Gasteiger charge is 2.31. The maximum absolute atomic E-state index is 12.4. The predicted molar refractivity (Wildman–Crippen MR) is 74.8 cm³/mol. The molecule has 1 rings (SSSR count). The zero-order chi connectivity index (χ0) is 16.4. The molecular formula is C11H13ClN2O6S. The summed E-state index contributed by atoms with van der Waals surface area (Å²) in [7, 11) is -4.17. The van der Waals surface area contributed by atoms with Crippen LogP contribution in [0, 0.1) is 10.1 Å². The standard InChI is InChI=1S/C11H13ClN2O6S/c1-7(2)13(6-11(15)16)21(19,20)10-4-3-8(14(17)18)5-9(10)12/h3-5,7H,6H2,1-2H3,(H,15,16). The molecule has 0 spiro atoms. The third-order valence-electron chi connectivity index (χ3n) is 2.58. The van der Waals surface area contributed by atoms with Crippen molar-refractivity contribution in [2.24, 2.45) is 0 Å². The lowest BCUT2D eigenvalue weighted by molar-refractivity contribution is -0.384. The highest BCUT2D eigenvalue weighted by Crippen LogP contribution is 2.29. The van der Waals surface area contributed by atoms with Gasteiger partial charge in [0.1, 0.15) is 11.4 Å². The van der Waals surface area contributed by atoms with E-state index in [0.29, 0.717) is 0 Å². The molecule has 116 valence electrons. The second-order valence-corrected chi connectivity index (χ2v) is 6.68. The Bertz CT molecular complexity index is 673. The fourth-order valence-electron chi connectivity index (χ4n) is 1.62. The first-order valence-corrected chi connectivity index (χ1v) is 7.56. The molecule has 8 nitrogen and oxygen atoms in total. The zero-order valence-electron chi connectivity index (χ0n) is 11.2. The van der Waals surface area contributed by atoms with Crippen LogP contribution >= 0.6 is 11.6 Å². The quantitative estimate of drug-likeness (QED) is 0.624. The van der Waals surface area contributed by atoms with Gasteiger partial charge in [-0.3, -0.25) is 14.9 Å². The number of sulfonamides is 1. The molecule has 1 aromatic rings. The highest BCUT2D eigenvalue weighted by molar-refractivity contribution is 7.89. The molecule has 0 atom stereocenters. The van der Waals surface area contributed by atoms with E-state index in [1.54, 1.807) is 0 Å². The van der Waals surface area contributed by atoms with Crippen LogP contribution in [0.2, 0.25) is 5.02 Å². The molecule has 0 aromatic heterocycles. The number of hydrogen-bond acceptors (Lipinski definition) is 5. The number of halogens is 1. The molecule has 0 unspecified atom stereocenters. The normalized spacial score (nSPS) is 11.9. The average Bonchev–Trinajstić information content (AvgIpc) is 2.34. The molecule has 0 saturated carbocycles. The van der Waals surface area contributed by atoms with Gasteiger partial charge in [0.25, 0.3) is 5.69 Å². The van der Waals surface area contributed by atoms with Gasteiger partial charge < -0.3 is 5.11 Å². The van der Waals surface area contributed by atoms with Gasteiger partial charge in [-0.1, -0.05) is 11.6 Å². The van der Waals surface area contributed by atoms with Crippen molar-refractivity contribution in [3.63, 3.8) is 0 Å². The molecule has 1 aromatic carbocycles. The van der Waals surface area contributed by atoms with Crippen LogP contribution in [0.1, 0.15) is 13.8 Å². The summed E-state index contributed by atoms with van der Waals surface area (Å²) in [6.45, 7) is 2.30. The Morgan fingerprint density at radius 2 is 2.05 bits per heavy atom. The third-order valence-corrected chi connectivity index (χ3v) is 5.08. The molecular weight excluding hydrogens is 324 g/mol. The fourth-order valence-corrected chi connectivity index (χ4v) is 3.72. The monoisotopic (exact) mass is 336 g/mol. The number of nitro groups is 1. The van der Waals surface area contributed by atoms with Gasteiger partial charge in [0.05, 0.1) is 9.95 Å². The summed E-state index contributed by atoms with van der Waals surface area (Å²) >= 11 is 5.79. The maximum Gasteiger partial charge on any atom is 0.318 e. The third kappa shape index (κ3) is 3.90. The maximum atomic E-state index is 12.4. The van der Waals surface area contributed by atoms with Crippen LogP contribution in [0.5, 0.6) is 0 Å². The van der Waals surface area contributed by atoms with Crippen LogP contribution in [-0.4, -0.2) is 41.3 Å². The molecule has 0 heterocycles. The molecule has 0 radical (unpaired) electrons. The average molecular weight is 337 g/mol. The van der Waals surface area contributed by atoms with Crippen molar-refractivity contribution in [2.45, 2.75) is 24.8 Å². The molecule has 0 bridgehead atoms. The van der Waals surface area contributed by atoms with Gasteiger partial charge in [-0.25, -0.2) is 8.42 Å². The SMILES string of the molecule is CC(C)N(CC(=O)O)S(=O)(=O)c1ccc([N+](=O)[O-])cc1Cl. The van der Waals surface area contributed by atoms with Crippen molar-refractivity contribution in [1.82, 2.24) is 4.31 Å². The second-order valence-electron chi connectivity index (χ2n) is 4.41. The van der Waals surface area contributed by atoms with Gasteiger partial charge in [0.2, 0.25) is 10.0 Å². The lowest BCUT2D eigenvalue weighted by atomic mass is 10.3. The first-order chi connectivity index (χ1) is 9.57. The van der Waals surface area contributed by atoms with Crippen LogP contribution in [-0.2, 0) is 14.8 Å². The van der Waals surface area contributed by atoms with Crippen molar-refractivity contribution >= 4 is 33.3 Å². The summed E-state index contributed by atoms with van der Waals surface area (Å²) in [5.41, 5.74) is -0.353. The van der Waals surface area contributed by atoms with E-state index in [-0.39, 0.29) is 15.6 Å². The highest BCUT2D eigenvalue weighted by atomic mass is 35.5.